The highest BCUT2D eigenvalue weighted by Gasteiger charge is 2.32. The zero-order valence-corrected chi connectivity index (χ0v) is 16.1. The number of aromatic carboxylic acids is 1. The molecule has 28 heavy (non-hydrogen) atoms. The van der Waals surface area contributed by atoms with Gasteiger partial charge in [0.1, 0.15) is 5.56 Å². The molecule has 3 heterocycles. The van der Waals surface area contributed by atoms with E-state index in [0.29, 0.717) is 30.2 Å². The molecule has 1 N–H and O–H groups in total. The summed E-state index contributed by atoms with van der Waals surface area (Å²) in [6.07, 6.45) is 2.42. The van der Waals surface area contributed by atoms with Gasteiger partial charge < -0.3 is 23.9 Å². The molecule has 0 saturated carbocycles. The van der Waals surface area contributed by atoms with Gasteiger partial charge >= 0.3 is 5.97 Å². The van der Waals surface area contributed by atoms with Crippen LogP contribution in [-0.2, 0) is 11.2 Å². The molecule has 4 rings (SSSR count). The van der Waals surface area contributed by atoms with E-state index in [1.54, 1.807) is 7.11 Å². The molecule has 0 fully saturated rings. The van der Waals surface area contributed by atoms with Crippen LogP contribution in [0.15, 0.2) is 29.2 Å². The Morgan fingerprint density at radius 1 is 1.29 bits per heavy atom. The number of benzene rings is 1. The number of aromatic nitrogens is 1. The predicted octanol–water partition coefficient (Wildman–Crippen LogP) is 3.10. The zero-order valence-electron chi connectivity index (χ0n) is 16.1. The van der Waals surface area contributed by atoms with Crippen LogP contribution in [0, 0.1) is 5.92 Å². The lowest BCUT2D eigenvalue weighted by molar-refractivity contribution is 0.0195. The lowest BCUT2D eigenvalue weighted by Gasteiger charge is -2.33. The first-order valence-electron chi connectivity index (χ1n) is 9.38. The molecule has 0 amide bonds. The van der Waals surface area contributed by atoms with Gasteiger partial charge in [-0.05, 0) is 30.0 Å². The molecule has 1 aromatic carbocycles. The molecule has 7 nitrogen and oxygen atoms in total. The van der Waals surface area contributed by atoms with E-state index >= 15 is 0 Å². The van der Waals surface area contributed by atoms with Crippen LogP contribution in [0.4, 0.5) is 0 Å². The highest BCUT2D eigenvalue weighted by molar-refractivity contribution is 5.88. The van der Waals surface area contributed by atoms with Gasteiger partial charge in [-0.2, -0.15) is 0 Å². The minimum Gasteiger partial charge on any atom is -0.477 e. The van der Waals surface area contributed by atoms with Gasteiger partial charge in [0.2, 0.25) is 6.29 Å². The van der Waals surface area contributed by atoms with Crippen molar-refractivity contribution < 1.29 is 24.1 Å². The Balaban J connectivity index is 1.81. The molecule has 1 aromatic heterocycles. The van der Waals surface area contributed by atoms with Gasteiger partial charge in [0, 0.05) is 37.4 Å². The average Bonchev–Trinajstić information content (AvgIpc) is 3.04. The van der Waals surface area contributed by atoms with E-state index in [1.165, 1.54) is 12.3 Å². The van der Waals surface area contributed by atoms with E-state index in [1.807, 2.05) is 16.7 Å². The molecule has 1 unspecified atom stereocenters. The second-order valence-corrected chi connectivity index (χ2v) is 7.57. The van der Waals surface area contributed by atoms with Gasteiger partial charge in [-0.25, -0.2) is 4.79 Å². The van der Waals surface area contributed by atoms with Crippen LogP contribution in [0.1, 0.15) is 42.2 Å². The van der Waals surface area contributed by atoms with Crippen LogP contribution in [0.5, 0.6) is 11.5 Å². The maximum atomic E-state index is 12.4. The number of ether oxygens (including phenoxy) is 3. The van der Waals surface area contributed by atoms with Gasteiger partial charge in [-0.1, -0.05) is 13.8 Å². The second kappa shape index (κ2) is 6.98. The first-order valence-corrected chi connectivity index (χ1v) is 9.38. The summed E-state index contributed by atoms with van der Waals surface area (Å²) in [6.45, 7) is 4.71. The monoisotopic (exact) mass is 385 g/mol. The Morgan fingerprint density at radius 3 is 2.64 bits per heavy atom. The summed E-state index contributed by atoms with van der Waals surface area (Å²) in [5.74, 6) is 0.376. The number of hydrogen-bond donors (Lipinski definition) is 1. The number of fused-ring (bicyclic) bond motifs is 4. The number of rotatable bonds is 5. The molecule has 0 bridgehead atoms. The molecular weight excluding hydrogens is 362 g/mol. The van der Waals surface area contributed by atoms with Crippen molar-refractivity contribution >= 4 is 5.97 Å². The molecule has 0 radical (unpaired) electrons. The largest absolute Gasteiger partial charge is 0.477 e. The van der Waals surface area contributed by atoms with E-state index in [2.05, 4.69) is 13.8 Å². The van der Waals surface area contributed by atoms with Crippen molar-refractivity contribution in [3.63, 3.8) is 0 Å². The first-order chi connectivity index (χ1) is 13.4. The molecule has 0 aliphatic carbocycles. The Bertz CT molecular complexity index is 993. The van der Waals surface area contributed by atoms with Gasteiger partial charge in [-0.15, -0.1) is 0 Å². The first kappa shape index (κ1) is 18.6. The lowest BCUT2D eigenvalue weighted by Crippen LogP contribution is -2.28. The number of carboxylic acids is 1. The third kappa shape index (κ3) is 3.05. The number of carbonyl (C=O) groups is 1. The minimum atomic E-state index is -1.21. The Kier molecular flexibility index (Phi) is 4.63. The smallest absolute Gasteiger partial charge is 0.341 e. The fourth-order valence-electron chi connectivity index (χ4n) is 3.91. The van der Waals surface area contributed by atoms with Gasteiger partial charge in [0.05, 0.1) is 12.3 Å². The van der Waals surface area contributed by atoms with Crippen molar-refractivity contribution in [3.05, 3.63) is 45.7 Å². The fourth-order valence-corrected chi connectivity index (χ4v) is 3.91. The molecule has 148 valence electrons. The Morgan fingerprint density at radius 2 is 2.00 bits per heavy atom. The molecule has 2 atom stereocenters. The van der Waals surface area contributed by atoms with Crippen molar-refractivity contribution in [2.24, 2.45) is 5.92 Å². The minimum absolute atomic E-state index is 0.0471. The molecule has 2 aromatic rings. The summed E-state index contributed by atoms with van der Waals surface area (Å²) in [5.41, 5.74) is 1.95. The highest BCUT2D eigenvalue weighted by Crippen LogP contribution is 2.45. The van der Waals surface area contributed by atoms with E-state index in [-0.39, 0.29) is 17.5 Å². The summed E-state index contributed by atoms with van der Waals surface area (Å²) in [5, 5.41) is 9.35. The number of nitrogens with zero attached hydrogens (tertiary/aromatic N) is 1. The third-order valence-corrected chi connectivity index (χ3v) is 5.39. The van der Waals surface area contributed by atoms with E-state index in [0.717, 1.165) is 17.5 Å². The van der Waals surface area contributed by atoms with Crippen molar-refractivity contribution in [1.29, 1.82) is 0 Å². The summed E-state index contributed by atoms with van der Waals surface area (Å²) in [4.78, 5) is 23.8. The number of pyridine rings is 1. The molecule has 0 saturated heterocycles. The highest BCUT2D eigenvalue weighted by atomic mass is 16.7. The predicted molar refractivity (Wildman–Crippen MR) is 102 cm³/mol. The molecule has 2 aliphatic rings. The van der Waals surface area contributed by atoms with Crippen molar-refractivity contribution in [3.8, 4) is 22.8 Å². The standard InChI is InChI=1S/C21H23NO6/c1-11(2)15-6-12-7-18-19(28-20(27-18)4-5-26-3)8-13(12)16-9-17(23)14(21(24)25)10-22(15)16/h7-11,15,20H,4-6H2,1-3H3,(H,24,25)/t15-,20?/m0/s1. The summed E-state index contributed by atoms with van der Waals surface area (Å²) in [7, 11) is 1.63. The van der Waals surface area contributed by atoms with Crippen LogP contribution in [-0.4, -0.2) is 35.6 Å². The number of hydrogen-bond acceptors (Lipinski definition) is 5. The zero-order chi connectivity index (χ0) is 20.0. The van der Waals surface area contributed by atoms with Gasteiger partial charge in [0.25, 0.3) is 0 Å². The van der Waals surface area contributed by atoms with E-state index in [9.17, 15) is 14.7 Å². The summed E-state index contributed by atoms with van der Waals surface area (Å²) < 4.78 is 18.8. The topological polar surface area (TPSA) is 87.0 Å². The SMILES string of the molecule is COCCC1Oc2cc3c(cc2O1)-c1cc(=O)c(C(=O)O)cn1[C@H](C(C)C)C3. The molecule has 7 heteroatoms. The van der Waals surface area contributed by atoms with Gasteiger partial charge in [-0.3, -0.25) is 4.79 Å². The van der Waals surface area contributed by atoms with E-state index < -0.39 is 17.7 Å². The lowest BCUT2D eigenvalue weighted by atomic mass is 9.87. The van der Waals surface area contributed by atoms with Crippen LogP contribution < -0.4 is 14.9 Å². The van der Waals surface area contributed by atoms with Crippen molar-refractivity contribution in [2.45, 2.75) is 39.0 Å². The number of methoxy groups -OCH3 is 1. The van der Waals surface area contributed by atoms with Crippen molar-refractivity contribution in [1.82, 2.24) is 4.57 Å². The average molecular weight is 385 g/mol. The maximum absolute atomic E-state index is 12.4. The van der Waals surface area contributed by atoms with E-state index in [4.69, 9.17) is 14.2 Å². The van der Waals surface area contributed by atoms with Crippen LogP contribution in [0.25, 0.3) is 11.3 Å². The molecular formula is C21H23NO6. The molecule has 2 aliphatic heterocycles. The van der Waals surface area contributed by atoms with Crippen molar-refractivity contribution in [2.75, 3.05) is 13.7 Å². The maximum Gasteiger partial charge on any atom is 0.341 e. The normalized spacial score (nSPS) is 19.4. The van der Waals surface area contributed by atoms with Crippen LogP contribution in [0.2, 0.25) is 0 Å². The number of carboxylic acid groups (broad SMARTS) is 1. The Hall–Kier alpha value is -2.80. The van der Waals surface area contributed by atoms with Crippen LogP contribution >= 0.6 is 0 Å². The molecule has 0 spiro atoms. The fraction of sp³-hybridized carbons (Fsp3) is 0.429. The second-order valence-electron chi connectivity index (χ2n) is 7.57. The summed E-state index contributed by atoms with van der Waals surface area (Å²) >= 11 is 0. The van der Waals surface area contributed by atoms with Gasteiger partial charge in [0.15, 0.2) is 16.9 Å². The van der Waals surface area contributed by atoms with Crippen LogP contribution in [0.3, 0.4) is 0 Å². The third-order valence-electron chi connectivity index (χ3n) is 5.39. The summed E-state index contributed by atoms with van der Waals surface area (Å²) in [6, 6.07) is 5.33. The Labute approximate surface area is 162 Å². The quantitative estimate of drug-likeness (QED) is 0.851.